The van der Waals surface area contributed by atoms with Crippen molar-refractivity contribution in [3.05, 3.63) is 23.3 Å². The summed E-state index contributed by atoms with van der Waals surface area (Å²) in [5.41, 5.74) is 9.18. The van der Waals surface area contributed by atoms with Gasteiger partial charge in [-0.3, -0.25) is 0 Å². The normalized spacial score (nSPS) is 23.0. The van der Waals surface area contributed by atoms with Crippen LogP contribution in [0, 0.1) is 11.8 Å². The van der Waals surface area contributed by atoms with E-state index in [2.05, 4.69) is 39.8 Å². The lowest BCUT2D eigenvalue weighted by molar-refractivity contribution is 0.504. The Kier molecular flexibility index (Phi) is 5.27. The summed E-state index contributed by atoms with van der Waals surface area (Å²) < 4.78 is 0. The van der Waals surface area contributed by atoms with Gasteiger partial charge >= 0.3 is 0 Å². The fraction of sp³-hybridized carbons (Fsp3) is 0.733. The summed E-state index contributed by atoms with van der Waals surface area (Å²) in [5, 5.41) is 0. The molecule has 0 saturated heterocycles. The van der Waals surface area contributed by atoms with Crippen molar-refractivity contribution in [2.45, 2.75) is 59.4 Å². The predicted molar refractivity (Wildman–Crippen MR) is 72.3 cm³/mol. The molecule has 2 unspecified atom stereocenters. The maximum absolute atomic E-state index is 6.24. The van der Waals surface area contributed by atoms with Crippen molar-refractivity contribution in [3.8, 4) is 0 Å². The Morgan fingerprint density at radius 3 is 2.56 bits per heavy atom. The summed E-state index contributed by atoms with van der Waals surface area (Å²) in [5.74, 6) is 1.48. The number of nitrogens with two attached hydrogens (primary N) is 1. The van der Waals surface area contributed by atoms with Gasteiger partial charge in [0.05, 0.1) is 0 Å². The Hall–Kier alpha value is -0.560. The molecule has 0 aromatic heterocycles. The van der Waals surface area contributed by atoms with E-state index >= 15 is 0 Å². The van der Waals surface area contributed by atoms with E-state index < -0.39 is 0 Å². The molecule has 0 aromatic rings. The van der Waals surface area contributed by atoms with Crippen molar-refractivity contribution in [2.24, 2.45) is 17.6 Å². The third-order valence-corrected chi connectivity index (χ3v) is 3.65. The van der Waals surface area contributed by atoms with Crippen LogP contribution in [-0.4, -0.2) is 6.04 Å². The average Bonchev–Trinajstić information content (AvgIpc) is 2.21. The number of hydrogen-bond acceptors (Lipinski definition) is 1. The second kappa shape index (κ2) is 6.24. The lowest BCUT2D eigenvalue weighted by Crippen LogP contribution is -2.25. The van der Waals surface area contributed by atoms with Crippen LogP contribution in [-0.2, 0) is 0 Å². The van der Waals surface area contributed by atoms with E-state index in [1.165, 1.54) is 24.0 Å². The highest BCUT2D eigenvalue weighted by Crippen LogP contribution is 2.27. The summed E-state index contributed by atoms with van der Waals surface area (Å²) in [4.78, 5) is 0. The van der Waals surface area contributed by atoms with Gasteiger partial charge in [0, 0.05) is 6.04 Å². The maximum atomic E-state index is 6.24. The molecule has 2 atom stereocenters. The molecular formula is C15H27N. The summed E-state index contributed by atoms with van der Waals surface area (Å²) in [6.07, 6.45) is 9.34. The van der Waals surface area contributed by atoms with Crippen molar-refractivity contribution in [3.63, 3.8) is 0 Å². The third-order valence-electron chi connectivity index (χ3n) is 3.65. The molecule has 1 aliphatic rings. The monoisotopic (exact) mass is 221 g/mol. The fourth-order valence-corrected chi connectivity index (χ4v) is 2.19. The van der Waals surface area contributed by atoms with Crippen LogP contribution in [0.25, 0.3) is 0 Å². The average molecular weight is 221 g/mol. The van der Waals surface area contributed by atoms with E-state index in [1.54, 1.807) is 0 Å². The van der Waals surface area contributed by atoms with Crippen LogP contribution in [0.15, 0.2) is 23.3 Å². The first-order valence-electron chi connectivity index (χ1n) is 6.63. The number of allylic oxidation sites excluding steroid dienone is 3. The summed E-state index contributed by atoms with van der Waals surface area (Å²) >= 11 is 0. The van der Waals surface area contributed by atoms with Crippen LogP contribution in [0.2, 0.25) is 0 Å². The first-order chi connectivity index (χ1) is 7.50. The minimum absolute atomic E-state index is 0.283. The molecule has 1 heteroatoms. The van der Waals surface area contributed by atoms with Crippen LogP contribution >= 0.6 is 0 Å². The van der Waals surface area contributed by atoms with E-state index in [0.717, 1.165) is 18.8 Å². The van der Waals surface area contributed by atoms with Crippen molar-refractivity contribution in [1.29, 1.82) is 0 Å². The minimum atomic E-state index is 0.283. The van der Waals surface area contributed by atoms with E-state index in [-0.39, 0.29) is 6.04 Å². The molecule has 0 bridgehead atoms. The molecular weight excluding hydrogens is 194 g/mol. The van der Waals surface area contributed by atoms with Gasteiger partial charge in [-0.1, -0.05) is 56.9 Å². The number of hydrogen-bond donors (Lipinski definition) is 1. The topological polar surface area (TPSA) is 26.0 Å². The van der Waals surface area contributed by atoms with Crippen LogP contribution in [0.1, 0.15) is 53.4 Å². The van der Waals surface area contributed by atoms with E-state index in [9.17, 15) is 0 Å². The second-order valence-electron chi connectivity index (χ2n) is 5.69. The van der Waals surface area contributed by atoms with Gasteiger partial charge in [0.15, 0.2) is 0 Å². The predicted octanol–water partition coefficient (Wildman–Crippen LogP) is 4.05. The molecule has 1 rings (SSSR count). The summed E-state index contributed by atoms with van der Waals surface area (Å²) in [7, 11) is 0. The van der Waals surface area contributed by atoms with Gasteiger partial charge in [-0.2, -0.15) is 0 Å². The quantitative estimate of drug-likeness (QED) is 0.744. The Morgan fingerprint density at radius 2 is 2.00 bits per heavy atom. The smallest absolute Gasteiger partial charge is 0.0256 e. The van der Waals surface area contributed by atoms with Crippen LogP contribution in [0.5, 0.6) is 0 Å². The first kappa shape index (κ1) is 13.5. The lowest BCUT2D eigenvalue weighted by atomic mass is 9.85. The molecule has 16 heavy (non-hydrogen) atoms. The van der Waals surface area contributed by atoms with Crippen molar-refractivity contribution >= 4 is 0 Å². The first-order valence-corrected chi connectivity index (χ1v) is 6.63. The Bertz CT molecular complexity index is 273. The zero-order chi connectivity index (χ0) is 12.1. The van der Waals surface area contributed by atoms with Crippen molar-refractivity contribution in [1.82, 2.24) is 0 Å². The second-order valence-corrected chi connectivity index (χ2v) is 5.69. The van der Waals surface area contributed by atoms with E-state index in [4.69, 9.17) is 5.73 Å². The largest absolute Gasteiger partial charge is 0.324 e. The zero-order valence-corrected chi connectivity index (χ0v) is 11.3. The molecule has 0 aromatic carbocycles. The molecule has 0 spiro atoms. The highest BCUT2D eigenvalue weighted by atomic mass is 14.6. The van der Waals surface area contributed by atoms with Crippen molar-refractivity contribution < 1.29 is 0 Å². The molecule has 92 valence electrons. The Labute approximate surface area is 101 Å². The summed E-state index contributed by atoms with van der Waals surface area (Å²) in [6, 6.07) is 0.283. The van der Waals surface area contributed by atoms with Gasteiger partial charge in [0.2, 0.25) is 0 Å². The molecule has 2 N–H and O–H groups in total. The minimum Gasteiger partial charge on any atom is -0.324 e. The molecule has 1 aliphatic carbocycles. The van der Waals surface area contributed by atoms with Crippen LogP contribution < -0.4 is 5.73 Å². The van der Waals surface area contributed by atoms with Crippen molar-refractivity contribution in [2.75, 3.05) is 0 Å². The fourth-order valence-electron chi connectivity index (χ4n) is 2.19. The molecule has 0 saturated carbocycles. The molecule has 0 fully saturated rings. The van der Waals surface area contributed by atoms with Gasteiger partial charge in [0.25, 0.3) is 0 Å². The number of rotatable bonds is 5. The zero-order valence-electron chi connectivity index (χ0n) is 11.3. The van der Waals surface area contributed by atoms with Gasteiger partial charge < -0.3 is 5.73 Å². The molecule has 0 radical (unpaired) electrons. The SMILES string of the molecule is CC1=CC=C(C(N)CCCC(C)C)CC1C. The van der Waals surface area contributed by atoms with Gasteiger partial charge in [-0.05, 0) is 31.6 Å². The van der Waals surface area contributed by atoms with Crippen LogP contribution in [0.4, 0.5) is 0 Å². The molecule has 0 heterocycles. The van der Waals surface area contributed by atoms with Crippen LogP contribution in [0.3, 0.4) is 0 Å². The Morgan fingerprint density at radius 1 is 1.31 bits per heavy atom. The van der Waals surface area contributed by atoms with E-state index in [0.29, 0.717) is 5.92 Å². The standard InChI is InChI=1S/C15H27N/c1-11(2)6-5-7-15(16)14-9-8-12(3)13(4)10-14/h8-9,11,13,15H,5-7,10,16H2,1-4H3. The Balaban J connectivity index is 2.40. The van der Waals surface area contributed by atoms with E-state index in [1.807, 2.05) is 0 Å². The maximum Gasteiger partial charge on any atom is 0.0256 e. The molecule has 1 nitrogen and oxygen atoms in total. The third kappa shape index (κ3) is 4.13. The molecule has 0 aliphatic heterocycles. The molecule has 0 amide bonds. The van der Waals surface area contributed by atoms with Gasteiger partial charge in [-0.15, -0.1) is 0 Å². The highest BCUT2D eigenvalue weighted by molar-refractivity contribution is 5.27. The summed E-state index contributed by atoms with van der Waals surface area (Å²) in [6.45, 7) is 9.06. The highest BCUT2D eigenvalue weighted by Gasteiger charge is 2.16. The lowest BCUT2D eigenvalue weighted by Gasteiger charge is -2.23. The van der Waals surface area contributed by atoms with Gasteiger partial charge in [0.1, 0.15) is 0 Å². The van der Waals surface area contributed by atoms with Gasteiger partial charge in [-0.25, -0.2) is 0 Å².